The summed E-state index contributed by atoms with van der Waals surface area (Å²) in [5, 5.41) is 0. The van der Waals surface area contributed by atoms with Crippen molar-refractivity contribution >= 4 is 17.9 Å². The molecule has 0 aliphatic heterocycles. The molecule has 0 N–H and O–H groups in total. The van der Waals surface area contributed by atoms with Gasteiger partial charge in [0.25, 0.3) is 0 Å². The molecule has 0 amide bonds. The standard InChI is InChI=1S/C74H130O6/c1-4-7-10-13-16-19-22-25-28-30-32-34-35-36-37-38-39-40-42-43-46-49-52-55-58-61-64-67-73(76)79-70-71(69-78-72(75)66-63-60-57-54-51-48-45-27-24-21-18-15-12-9-6-3)80-74(77)68-65-62-59-56-53-50-47-44-41-33-31-29-26-23-20-17-14-11-8-5-2/h7,10,16,19,25,28,32,34,36-37,39-40,43,46,71H,4-6,8-9,11-15,17-18,20-24,26-27,29-31,33,35,38,41-42,44-45,47-70H2,1-3H3/b10-7-,19-16-,28-25-,34-32-,37-36-,40-39-,46-43-. The van der Waals surface area contributed by atoms with Gasteiger partial charge >= 0.3 is 17.9 Å². The third-order valence-electron chi connectivity index (χ3n) is 15.2. The summed E-state index contributed by atoms with van der Waals surface area (Å²) in [6.07, 6.45) is 90.2. The second-order valence-corrected chi connectivity index (χ2v) is 23.1. The number of carbonyl (C=O) groups excluding carboxylic acids is 3. The van der Waals surface area contributed by atoms with Crippen LogP contribution in [0.1, 0.15) is 348 Å². The van der Waals surface area contributed by atoms with Gasteiger partial charge in [0.2, 0.25) is 0 Å². The molecule has 80 heavy (non-hydrogen) atoms. The van der Waals surface area contributed by atoms with Crippen LogP contribution in [0.3, 0.4) is 0 Å². The van der Waals surface area contributed by atoms with E-state index < -0.39 is 6.10 Å². The van der Waals surface area contributed by atoms with Gasteiger partial charge in [0.15, 0.2) is 6.10 Å². The molecule has 0 rings (SSSR count). The summed E-state index contributed by atoms with van der Waals surface area (Å²) in [7, 11) is 0. The molecule has 6 heteroatoms. The molecule has 0 fully saturated rings. The molecule has 0 aromatic heterocycles. The summed E-state index contributed by atoms with van der Waals surface area (Å²) >= 11 is 0. The van der Waals surface area contributed by atoms with Gasteiger partial charge in [-0.2, -0.15) is 0 Å². The monoisotopic (exact) mass is 1110 g/mol. The predicted octanol–water partition coefficient (Wildman–Crippen LogP) is 23.8. The van der Waals surface area contributed by atoms with E-state index in [1.54, 1.807) is 0 Å². The molecule has 0 bridgehead atoms. The van der Waals surface area contributed by atoms with Crippen molar-refractivity contribution in [2.24, 2.45) is 0 Å². The average molecular weight is 1120 g/mol. The quantitative estimate of drug-likeness (QED) is 0.0261. The normalized spacial score (nSPS) is 12.6. The van der Waals surface area contributed by atoms with Gasteiger partial charge in [-0.15, -0.1) is 0 Å². The number of unbranched alkanes of at least 4 members (excludes halogenated alkanes) is 38. The van der Waals surface area contributed by atoms with Crippen molar-refractivity contribution in [1.29, 1.82) is 0 Å². The van der Waals surface area contributed by atoms with Crippen molar-refractivity contribution in [1.82, 2.24) is 0 Å². The van der Waals surface area contributed by atoms with Crippen LogP contribution in [0.2, 0.25) is 0 Å². The van der Waals surface area contributed by atoms with Crippen LogP contribution in [0.25, 0.3) is 0 Å². The SMILES string of the molecule is CC/C=C\C/C=C\C/C=C\C/C=C\C/C=C\C/C=C\C/C=C\CCCCCCCC(=O)OCC(COC(=O)CCCCCCCCCCCCCCCCC)OC(=O)CCCCCCCCCCCCCCCCCCCCCC. The van der Waals surface area contributed by atoms with Crippen LogP contribution in [0.4, 0.5) is 0 Å². The Morgan fingerprint density at radius 1 is 0.263 bits per heavy atom. The molecule has 1 atom stereocenters. The van der Waals surface area contributed by atoms with Crippen LogP contribution < -0.4 is 0 Å². The fourth-order valence-electron chi connectivity index (χ4n) is 10.0. The third kappa shape index (κ3) is 65.4. The molecule has 0 aromatic carbocycles. The van der Waals surface area contributed by atoms with Crippen molar-refractivity contribution in [2.45, 2.75) is 354 Å². The Hall–Kier alpha value is -3.41. The second kappa shape index (κ2) is 68.1. The molecular weight excluding hydrogens is 985 g/mol. The second-order valence-electron chi connectivity index (χ2n) is 23.1. The van der Waals surface area contributed by atoms with E-state index in [0.717, 1.165) is 122 Å². The Bertz CT molecular complexity index is 1520. The van der Waals surface area contributed by atoms with Gasteiger partial charge in [-0.1, -0.05) is 337 Å². The first-order valence-corrected chi connectivity index (χ1v) is 34.6. The minimum Gasteiger partial charge on any atom is -0.462 e. The van der Waals surface area contributed by atoms with Crippen LogP contribution in [0.5, 0.6) is 0 Å². The molecule has 6 nitrogen and oxygen atoms in total. The Balaban J connectivity index is 4.36. The first-order chi connectivity index (χ1) is 39.5. The zero-order valence-corrected chi connectivity index (χ0v) is 53.1. The summed E-state index contributed by atoms with van der Waals surface area (Å²) in [6, 6.07) is 0. The van der Waals surface area contributed by atoms with E-state index in [1.807, 2.05) is 0 Å². The summed E-state index contributed by atoms with van der Waals surface area (Å²) in [5.74, 6) is -0.876. The highest BCUT2D eigenvalue weighted by Crippen LogP contribution is 2.18. The molecule has 0 heterocycles. The van der Waals surface area contributed by atoms with E-state index in [4.69, 9.17) is 14.2 Å². The van der Waals surface area contributed by atoms with Crippen LogP contribution >= 0.6 is 0 Å². The van der Waals surface area contributed by atoms with Crippen molar-refractivity contribution in [3.05, 3.63) is 85.1 Å². The topological polar surface area (TPSA) is 78.9 Å². The van der Waals surface area contributed by atoms with Crippen LogP contribution in [0.15, 0.2) is 85.1 Å². The minimum atomic E-state index is -0.783. The molecule has 0 saturated carbocycles. The van der Waals surface area contributed by atoms with Crippen molar-refractivity contribution < 1.29 is 28.6 Å². The molecule has 462 valence electrons. The lowest BCUT2D eigenvalue weighted by Gasteiger charge is -2.18. The van der Waals surface area contributed by atoms with E-state index in [9.17, 15) is 14.4 Å². The molecule has 0 radical (unpaired) electrons. The van der Waals surface area contributed by atoms with Gasteiger partial charge in [-0.05, 0) is 77.0 Å². The van der Waals surface area contributed by atoms with Crippen LogP contribution in [-0.2, 0) is 28.6 Å². The highest BCUT2D eigenvalue weighted by atomic mass is 16.6. The first kappa shape index (κ1) is 76.6. The largest absolute Gasteiger partial charge is 0.462 e. The van der Waals surface area contributed by atoms with Crippen LogP contribution in [-0.4, -0.2) is 37.2 Å². The summed E-state index contributed by atoms with van der Waals surface area (Å²) in [5.41, 5.74) is 0. The molecule has 0 aromatic rings. The molecular formula is C74H130O6. The molecule has 1 unspecified atom stereocenters. The molecule has 0 aliphatic carbocycles. The van der Waals surface area contributed by atoms with Gasteiger partial charge in [0, 0.05) is 19.3 Å². The smallest absolute Gasteiger partial charge is 0.306 e. The highest BCUT2D eigenvalue weighted by Gasteiger charge is 2.19. The Labute approximate surface area is 496 Å². The van der Waals surface area contributed by atoms with Gasteiger partial charge in [-0.3, -0.25) is 14.4 Å². The maximum absolute atomic E-state index is 12.9. The lowest BCUT2D eigenvalue weighted by atomic mass is 10.0. The molecule has 0 spiro atoms. The third-order valence-corrected chi connectivity index (χ3v) is 15.2. The van der Waals surface area contributed by atoms with Crippen molar-refractivity contribution in [3.8, 4) is 0 Å². The van der Waals surface area contributed by atoms with Crippen molar-refractivity contribution in [3.63, 3.8) is 0 Å². The first-order valence-electron chi connectivity index (χ1n) is 34.6. The Morgan fingerprint density at radius 3 is 0.762 bits per heavy atom. The summed E-state index contributed by atoms with van der Waals surface area (Å²) in [6.45, 7) is 6.57. The number of hydrogen-bond donors (Lipinski definition) is 0. The van der Waals surface area contributed by atoms with Crippen LogP contribution in [0, 0.1) is 0 Å². The van der Waals surface area contributed by atoms with E-state index in [0.29, 0.717) is 19.3 Å². The predicted molar refractivity (Wildman–Crippen MR) is 348 cm³/mol. The number of carbonyl (C=O) groups is 3. The Morgan fingerprint density at radius 2 is 0.487 bits per heavy atom. The lowest BCUT2D eigenvalue weighted by Crippen LogP contribution is -2.30. The molecule has 0 aliphatic rings. The number of rotatable bonds is 63. The lowest BCUT2D eigenvalue weighted by molar-refractivity contribution is -0.167. The van der Waals surface area contributed by atoms with Gasteiger partial charge in [0.1, 0.15) is 13.2 Å². The fraction of sp³-hybridized carbons (Fsp3) is 0.770. The highest BCUT2D eigenvalue weighted by molar-refractivity contribution is 5.71. The summed E-state index contributed by atoms with van der Waals surface area (Å²) < 4.78 is 17.0. The number of allylic oxidation sites excluding steroid dienone is 14. The zero-order valence-electron chi connectivity index (χ0n) is 53.1. The number of esters is 3. The van der Waals surface area contributed by atoms with Crippen molar-refractivity contribution in [2.75, 3.05) is 13.2 Å². The van der Waals surface area contributed by atoms with Gasteiger partial charge in [0.05, 0.1) is 0 Å². The summed E-state index contributed by atoms with van der Waals surface area (Å²) in [4.78, 5) is 38.4. The van der Waals surface area contributed by atoms with E-state index >= 15 is 0 Å². The van der Waals surface area contributed by atoms with E-state index in [-0.39, 0.29) is 31.1 Å². The van der Waals surface area contributed by atoms with E-state index in [1.165, 1.54) is 186 Å². The minimum absolute atomic E-state index is 0.0777. The number of ether oxygens (including phenoxy) is 3. The Kier molecular flexibility index (Phi) is 65.2. The van der Waals surface area contributed by atoms with Gasteiger partial charge in [-0.25, -0.2) is 0 Å². The fourth-order valence-corrected chi connectivity index (χ4v) is 10.0. The maximum Gasteiger partial charge on any atom is 0.306 e. The zero-order chi connectivity index (χ0) is 57.8. The molecule has 0 saturated heterocycles. The average Bonchev–Trinajstić information content (AvgIpc) is 3.46. The van der Waals surface area contributed by atoms with E-state index in [2.05, 4.69) is 106 Å². The number of hydrogen-bond acceptors (Lipinski definition) is 6. The maximum atomic E-state index is 12.9. The van der Waals surface area contributed by atoms with Gasteiger partial charge < -0.3 is 14.2 Å².